The van der Waals surface area contributed by atoms with E-state index in [0.717, 1.165) is 28.0 Å². The number of aryl methyl sites for hydroxylation is 1. The molecular formula is C15H22O3. The zero-order valence-electron chi connectivity index (χ0n) is 12.0. The molecule has 1 aromatic carbocycles. The maximum Gasteiger partial charge on any atom is 0.309 e. The lowest BCUT2D eigenvalue weighted by Gasteiger charge is -2.23. The van der Waals surface area contributed by atoms with E-state index in [0.29, 0.717) is 6.42 Å². The van der Waals surface area contributed by atoms with Crippen molar-refractivity contribution in [1.82, 2.24) is 0 Å². The second-order valence-electron chi connectivity index (χ2n) is 5.49. The van der Waals surface area contributed by atoms with Crippen LogP contribution in [0.25, 0.3) is 0 Å². The normalized spacial score (nSPS) is 11.4. The predicted molar refractivity (Wildman–Crippen MR) is 72.3 cm³/mol. The summed E-state index contributed by atoms with van der Waals surface area (Å²) in [7, 11) is 1.65. The summed E-state index contributed by atoms with van der Waals surface area (Å²) in [5.74, 6) is 0.0941. The number of carboxylic acids is 1. The van der Waals surface area contributed by atoms with E-state index < -0.39 is 11.4 Å². The number of rotatable bonds is 4. The van der Waals surface area contributed by atoms with Crippen molar-refractivity contribution in [2.24, 2.45) is 5.41 Å². The van der Waals surface area contributed by atoms with Crippen LogP contribution in [0.15, 0.2) is 6.07 Å². The second-order valence-corrected chi connectivity index (χ2v) is 5.49. The highest BCUT2D eigenvalue weighted by molar-refractivity contribution is 5.74. The number of carboxylic acid groups (broad SMARTS) is 1. The Balaban J connectivity index is 3.27. The topological polar surface area (TPSA) is 46.5 Å². The van der Waals surface area contributed by atoms with E-state index in [1.165, 1.54) is 0 Å². The van der Waals surface area contributed by atoms with Crippen LogP contribution in [0.1, 0.15) is 36.1 Å². The molecule has 3 nitrogen and oxygen atoms in total. The van der Waals surface area contributed by atoms with E-state index in [-0.39, 0.29) is 0 Å². The van der Waals surface area contributed by atoms with E-state index >= 15 is 0 Å². The molecule has 0 aromatic heterocycles. The minimum atomic E-state index is -0.769. The molecule has 0 fully saturated rings. The van der Waals surface area contributed by atoms with E-state index in [1.807, 2.05) is 26.8 Å². The quantitative estimate of drug-likeness (QED) is 0.892. The summed E-state index contributed by atoms with van der Waals surface area (Å²) in [5, 5.41) is 9.23. The number of benzene rings is 1. The molecule has 0 unspecified atom stereocenters. The molecule has 18 heavy (non-hydrogen) atoms. The summed E-state index contributed by atoms with van der Waals surface area (Å²) in [4.78, 5) is 11.2. The third-order valence-corrected chi connectivity index (χ3v) is 3.63. The molecule has 0 amide bonds. The summed E-state index contributed by atoms with van der Waals surface area (Å²) < 4.78 is 5.32. The third-order valence-electron chi connectivity index (χ3n) is 3.63. The molecule has 0 aliphatic heterocycles. The average Bonchev–Trinajstić information content (AvgIpc) is 2.29. The SMILES string of the molecule is COc1cc(C)c(CC(C)(C)C(=O)O)c(C)c1C. The number of methoxy groups -OCH3 is 1. The van der Waals surface area contributed by atoms with Crippen LogP contribution in [0.5, 0.6) is 5.75 Å². The van der Waals surface area contributed by atoms with Gasteiger partial charge < -0.3 is 9.84 Å². The Hall–Kier alpha value is -1.51. The zero-order valence-corrected chi connectivity index (χ0v) is 12.0. The molecule has 0 heterocycles. The molecule has 0 atom stereocenters. The summed E-state index contributed by atoms with van der Waals surface area (Å²) in [6, 6.07) is 1.98. The van der Waals surface area contributed by atoms with Gasteiger partial charge in [0.15, 0.2) is 0 Å². The van der Waals surface area contributed by atoms with Crippen molar-refractivity contribution in [2.75, 3.05) is 7.11 Å². The number of ether oxygens (including phenoxy) is 1. The molecule has 0 spiro atoms. The predicted octanol–water partition coefficient (Wildman–Crippen LogP) is 3.27. The minimum Gasteiger partial charge on any atom is -0.496 e. The van der Waals surface area contributed by atoms with Crippen LogP contribution in [0.2, 0.25) is 0 Å². The van der Waals surface area contributed by atoms with Crippen LogP contribution >= 0.6 is 0 Å². The van der Waals surface area contributed by atoms with Crippen LogP contribution in [-0.4, -0.2) is 18.2 Å². The molecular weight excluding hydrogens is 228 g/mol. The highest BCUT2D eigenvalue weighted by Crippen LogP contribution is 2.32. The molecule has 100 valence electrons. The summed E-state index contributed by atoms with van der Waals surface area (Å²) >= 11 is 0. The minimum absolute atomic E-state index is 0.533. The molecule has 1 aromatic rings. The highest BCUT2D eigenvalue weighted by Gasteiger charge is 2.29. The third kappa shape index (κ3) is 2.66. The fourth-order valence-corrected chi connectivity index (χ4v) is 2.10. The van der Waals surface area contributed by atoms with Crippen LogP contribution in [0.3, 0.4) is 0 Å². The van der Waals surface area contributed by atoms with Crippen LogP contribution in [0.4, 0.5) is 0 Å². The smallest absolute Gasteiger partial charge is 0.309 e. The van der Waals surface area contributed by atoms with Crippen molar-refractivity contribution in [3.8, 4) is 5.75 Å². The second kappa shape index (κ2) is 5.01. The fraction of sp³-hybridized carbons (Fsp3) is 0.533. The van der Waals surface area contributed by atoms with E-state index in [2.05, 4.69) is 0 Å². The average molecular weight is 250 g/mol. The maximum atomic E-state index is 11.2. The van der Waals surface area contributed by atoms with Crippen molar-refractivity contribution in [2.45, 2.75) is 41.0 Å². The van der Waals surface area contributed by atoms with Gasteiger partial charge in [-0.2, -0.15) is 0 Å². The van der Waals surface area contributed by atoms with Gasteiger partial charge in [-0.3, -0.25) is 4.79 Å². The van der Waals surface area contributed by atoms with Crippen LogP contribution in [-0.2, 0) is 11.2 Å². The first-order chi connectivity index (χ1) is 8.20. The number of hydrogen-bond donors (Lipinski definition) is 1. The monoisotopic (exact) mass is 250 g/mol. The van der Waals surface area contributed by atoms with Crippen LogP contribution < -0.4 is 4.74 Å². The Bertz CT molecular complexity index is 473. The van der Waals surface area contributed by atoms with Gasteiger partial charge in [0.25, 0.3) is 0 Å². The van der Waals surface area contributed by atoms with Gasteiger partial charge in [-0.15, -0.1) is 0 Å². The van der Waals surface area contributed by atoms with Crippen molar-refractivity contribution in [3.63, 3.8) is 0 Å². The standard InChI is InChI=1S/C15H22O3/c1-9-7-13(18-6)11(3)10(2)12(9)8-15(4,5)14(16)17/h7H,8H2,1-6H3,(H,16,17). The van der Waals surface area contributed by atoms with Crippen molar-refractivity contribution in [1.29, 1.82) is 0 Å². The number of hydrogen-bond acceptors (Lipinski definition) is 2. The Morgan fingerprint density at radius 1 is 1.28 bits per heavy atom. The van der Waals surface area contributed by atoms with Gasteiger partial charge in [0.2, 0.25) is 0 Å². The maximum absolute atomic E-state index is 11.2. The molecule has 1 rings (SSSR count). The summed E-state index contributed by atoms with van der Waals surface area (Å²) in [6.45, 7) is 9.55. The van der Waals surface area contributed by atoms with E-state index in [1.54, 1.807) is 21.0 Å². The van der Waals surface area contributed by atoms with Crippen LogP contribution in [0, 0.1) is 26.2 Å². The van der Waals surface area contributed by atoms with Gasteiger partial charge in [0, 0.05) is 0 Å². The number of carbonyl (C=O) groups is 1. The van der Waals surface area contributed by atoms with Gasteiger partial charge in [0.05, 0.1) is 12.5 Å². The molecule has 0 saturated carbocycles. The first-order valence-corrected chi connectivity index (χ1v) is 6.07. The zero-order chi connectivity index (χ0) is 14.1. The summed E-state index contributed by atoms with van der Waals surface area (Å²) in [5.41, 5.74) is 3.65. The van der Waals surface area contributed by atoms with E-state index in [4.69, 9.17) is 4.74 Å². The number of aliphatic carboxylic acids is 1. The van der Waals surface area contributed by atoms with Gasteiger partial charge >= 0.3 is 5.97 Å². The van der Waals surface area contributed by atoms with Gasteiger partial charge in [-0.05, 0) is 69.4 Å². The van der Waals surface area contributed by atoms with E-state index in [9.17, 15) is 9.90 Å². The lowest BCUT2D eigenvalue weighted by Crippen LogP contribution is -2.27. The Kier molecular flexibility index (Phi) is 4.05. The lowest BCUT2D eigenvalue weighted by atomic mass is 9.82. The molecule has 0 saturated heterocycles. The molecule has 0 bridgehead atoms. The first-order valence-electron chi connectivity index (χ1n) is 6.07. The van der Waals surface area contributed by atoms with Gasteiger partial charge in [0.1, 0.15) is 5.75 Å². The molecule has 0 aliphatic carbocycles. The molecule has 0 radical (unpaired) electrons. The fourth-order valence-electron chi connectivity index (χ4n) is 2.10. The van der Waals surface area contributed by atoms with Gasteiger partial charge in [-0.1, -0.05) is 0 Å². The molecule has 0 aliphatic rings. The largest absolute Gasteiger partial charge is 0.496 e. The summed E-state index contributed by atoms with van der Waals surface area (Å²) in [6.07, 6.45) is 0.533. The lowest BCUT2D eigenvalue weighted by molar-refractivity contribution is -0.146. The first kappa shape index (κ1) is 14.6. The highest BCUT2D eigenvalue weighted by atomic mass is 16.5. The van der Waals surface area contributed by atoms with Crippen molar-refractivity contribution in [3.05, 3.63) is 28.3 Å². The van der Waals surface area contributed by atoms with Crippen molar-refractivity contribution >= 4 is 5.97 Å². The van der Waals surface area contributed by atoms with Crippen molar-refractivity contribution < 1.29 is 14.6 Å². The Morgan fingerprint density at radius 3 is 2.28 bits per heavy atom. The van der Waals surface area contributed by atoms with Gasteiger partial charge in [-0.25, -0.2) is 0 Å². The Labute approximate surface area is 109 Å². The Morgan fingerprint density at radius 2 is 1.83 bits per heavy atom. The molecule has 1 N–H and O–H groups in total. The molecule has 3 heteroatoms.